The molecule has 1 saturated heterocycles. The van der Waals surface area contributed by atoms with Gasteiger partial charge in [-0.05, 0) is 50.3 Å². The highest BCUT2D eigenvalue weighted by Gasteiger charge is 2.34. The van der Waals surface area contributed by atoms with E-state index in [4.69, 9.17) is 15.2 Å². The Balaban J connectivity index is 1.80. The van der Waals surface area contributed by atoms with Crippen LogP contribution in [-0.4, -0.2) is 55.5 Å². The lowest BCUT2D eigenvalue weighted by molar-refractivity contribution is -0.140. The number of aryl methyl sites for hydroxylation is 1. The van der Waals surface area contributed by atoms with Crippen LogP contribution in [0.25, 0.3) is 0 Å². The predicted octanol–water partition coefficient (Wildman–Crippen LogP) is 1.01. The van der Waals surface area contributed by atoms with E-state index in [0.29, 0.717) is 43.7 Å². The third-order valence-electron chi connectivity index (χ3n) is 4.93. The van der Waals surface area contributed by atoms with Gasteiger partial charge < -0.3 is 25.4 Å². The number of ether oxygens (including phenoxy) is 2. The van der Waals surface area contributed by atoms with Crippen LogP contribution in [0.4, 0.5) is 0 Å². The van der Waals surface area contributed by atoms with Crippen molar-refractivity contribution in [1.82, 2.24) is 10.2 Å². The van der Waals surface area contributed by atoms with Gasteiger partial charge in [-0.2, -0.15) is 0 Å². The van der Waals surface area contributed by atoms with Gasteiger partial charge >= 0.3 is 0 Å². The summed E-state index contributed by atoms with van der Waals surface area (Å²) in [6.45, 7) is 2.12. The van der Waals surface area contributed by atoms with E-state index in [1.807, 2.05) is 18.2 Å². The van der Waals surface area contributed by atoms with E-state index in [1.54, 1.807) is 21.1 Å². The summed E-state index contributed by atoms with van der Waals surface area (Å²) < 4.78 is 10.5. The Hall–Kier alpha value is -2.77. The molecule has 2 rings (SSSR count). The molecule has 28 heavy (non-hydrogen) atoms. The molecular formula is C20H29N3O5. The number of hydrogen-bond acceptors (Lipinski definition) is 5. The third-order valence-corrected chi connectivity index (χ3v) is 4.93. The van der Waals surface area contributed by atoms with Crippen molar-refractivity contribution in [3.05, 3.63) is 23.8 Å². The molecule has 1 aliphatic heterocycles. The van der Waals surface area contributed by atoms with E-state index in [0.717, 1.165) is 12.0 Å². The minimum absolute atomic E-state index is 0.198. The van der Waals surface area contributed by atoms with Crippen molar-refractivity contribution >= 4 is 17.7 Å². The maximum Gasteiger partial charge on any atom is 0.245 e. The van der Waals surface area contributed by atoms with Gasteiger partial charge in [0.15, 0.2) is 11.5 Å². The molecule has 154 valence electrons. The number of nitrogens with one attached hydrogen (secondary N) is 1. The fourth-order valence-electron chi connectivity index (χ4n) is 3.44. The number of carbonyl (C=O) groups excluding carboxylic acids is 3. The molecule has 0 aliphatic carbocycles. The number of hydrogen-bond donors (Lipinski definition) is 2. The molecule has 8 heteroatoms. The molecular weight excluding hydrogens is 362 g/mol. The molecule has 1 aromatic rings. The second-order valence-corrected chi connectivity index (χ2v) is 6.92. The topological polar surface area (TPSA) is 111 Å². The molecule has 1 unspecified atom stereocenters. The van der Waals surface area contributed by atoms with Crippen LogP contribution in [0, 0.1) is 0 Å². The van der Waals surface area contributed by atoms with E-state index in [2.05, 4.69) is 5.32 Å². The second-order valence-electron chi connectivity index (χ2n) is 6.92. The van der Waals surface area contributed by atoms with Crippen LogP contribution in [0.3, 0.4) is 0 Å². The summed E-state index contributed by atoms with van der Waals surface area (Å²) in [5.41, 5.74) is 6.39. The first-order chi connectivity index (χ1) is 13.4. The number of amides is 3. The van der Waals surface area contributed by atoms with Crippen molar-refractivity contribution < 1.29 is 23.9 Å². The molecule has 1 heterocycles. The van der Waals surface area contributed by atoms with Crippen LogP contribution in [0.15, 0.2) is 18.2 Å². The zero-order valence-electron chi connectivity index (χ0n) is 16.7. The normalized spacial score (nSPS) is 17.1. The lowest BCUT2D eigenvalue weighted by atomic mass is 10.1. The number of primary amides is 1. The fraction of sp³-hybridized carbons (Fsp3) is 0.550. The Morgan fingerprint density at radius 2 is 1.96 bits per heavy atom. The lowest BCUT2D eigenvalue weighted by Crippen LogP contribution is -2.51. The molecule has 1 aliphatic rings. The number of nitrogens with zero attached hydrogens (tertiary/aromatic N) is 1. The van der Waals surface area contributed by atoms with Gasteiger partial charge in [-0.25, -0.2) is 0 Å². The van der Waals surface area contributed by atoms with Crippen LogP contribution >= 0.6 is 0 Å². The molecule has 0 radical (unpaired) electrons. The molecule has 8 nitrogen and oxygen atoms in total. The van der Waals surface area contributed by atoms with Crippen molar-refractivity contribution in [3.63, 3.8) is 0 Å². The van der Waals surface area contributed by atoms with E-state index in [1.165, 1.54) is 4.90 Å². The number of carbonyl (C=O) groups is 3. The quantitative estimate of drug-likeness (QED) is 0.653. The van der Waals surface area contributed by atoms with Gasteiger partial charge in [0, 0.05) is 13.0 Å². The summed E-state index contributed by atoms with van der Waals surface area (Å²) in [6, 6.07) is 4.40. The zero-order valence-corrected chi connectivity index (χ0v) is 16.7. The van der Waals surface area contributed by atoms with Crippen LogP contribution in [0.2, 0.25) is 0 Å². The van der Waals surface area contributed by atoms with Gasteiger partial charge in [-0.3, -0.25) is 14.4 Å². The Morgan fingerprint density at radius 3 is 2.61 bits per heavy atom. The number of benzene rings is 1. The summed E-state index contributed by atoms with van der Waals surface area (Å²) in [5.74, 6) is 0.343. The largest absolute Gasteiger partial charge is 0.493 e. The van der Waals surface area contributed by atoms with Gasteiger partial charge in [0.25, 0.3) is 0 Å². The van der Waals surface area contributed by atoms with Gasteiger partial charge in [-0.15, -0.1) is 0 Å². The van der Waals surface area contributed by atoms with Crippen LogP contribution < -0.4 is 20.5 Å². The number of rotatable bonds is 9. The number of likely N-dealkylation sites (tertiary alicyclic amines) is 1. The minimum Gasteiger partial charge on any atom is -0.493 e. The summed E-state index contributed by atoms with van der Waals surface area (Å²) in [6.07, 6.45) is 2.95. The van der Waals surface area contributed by atoms with E-state index in [-0.39, 0.29) is 11.8 Å². The lowest BCUT2D eigenvalue weighted by Gasteiger charge is -2.25. The van der Waals surface area contributed by atoms with Crippen LogP contribution in [-0.2, 0) is 20.8 Å². The molecule has 0 spiro atoms. The van der Waals surface area contributed by atoms with Gasteiger partial charge in [0.2, 0.25) is 17.7 Å². The second kappa shape index (κ2) is 9.96. The first-order valence-corrected chi connectivity index (χ1v) is 9.47. The number of nitrogens with two attached hydrogens (primary N) is 1. The van der Waals surface area contributed by atoms with Crippen LogP contribution in [0.1, 0.15) is 38.2 Å². The molecule has 1 fully saturated rings. The fourth-order valence-corrected chi connectivity index (χ4v) is 3.44. The van der Waals surface area contributed by atoms with Gasteiger partial charge in [-0.1, -0.05) is 6.07 Å². The van der Waals surface area contributed by atoms with Crippen molar-refractivity contribution in [1.29, 1.82) is 0 Å². The Kier molecular flexibility index (Phi) is 7.66. The number of methoxy groups -OCH3 is 2. The third kappa shape index (κ3) is 5.37. The Bertz CT molecular complexity index is 722. The smallest absolute Gasteiger partial charge is 0.245 e. The standard InChI is InChI=1S/C20H29N3O5/c1-13(20(26)23-11-5-7-15(23)19(21)25)22-18(24)8-4-6-14-9-10-16(27-2)17(12-14)28-3/h9-10,12-13,15H,4-8,11H2,1-3H3,(H2,21,25)(H,22,24)/t13?,15-/m0/s1. The van der Waals surface area contributed by atoms with Crippen molar-refractivity contribution in [2.45, 2.75) is 51.1 Å². The van der Waals surface area contributed by atoms with Gasteiger partial charge in [0.1, 0.15) is 12.1 Å². The highest BCUT2D eigenvalue weighted by molar-refractivity contribution is 5.91. The monoisotopic (exact) mass is 391 g/mol. The average molecular weight is 391 g/mol. The highest BCUT2D eigenvalue weighted by Crippen LogP contribution is 2.28. The zero-order chi connectivity index (χ0) is 20.7. The summed E-state index contributed by atoms with van der Waals surface area (Å²) in [5, 5.41) is 2.72. The Labute approximate surface area is 165 Å². The molecule has 2 atom stereocenters. The first-order valence-electron chi connectivity index (χ1n) is 9.47. The van der Waals surface area contributed by atoms with E-state index < -0.39 is 18.0 Å². The molecule has 1 aromatic carbocycles. The summed E-state index contributed by atoms with van der Waals surface area (Å²) in [4.78, 5) is 37.6. The predicted molar refractivity (Wildman–Crippen MR) is 104 cm³/mol. The van der Waals surface area contributed by atoms with Crippen molar-refractivity contribution in [2.24, 2.45) is 5.73 Å². The molecule has 0 aromatic heterocycles. The highest BCUT2D eigenvalue weighted by atomic mass is 16.5. The molecule has 0 saturated carbocycles. The maximum absolute atomic E-state index is 12.5. The summed E-state index contributed by atoms with van der Waals surface area (Å²) >= 11 is 0. The maximum atomic E-state index is 12.5. The molecule has 3 N–H and O–H groups in total. The molecule has 3 amide bonds. The van der Waals surface area contributed by atoms with Crippen molar-refractivity contribution in [3.8, 4) is 11.5 Å². The van der Waals surface area contributed by atoms with Crippen molar-refractivity contribution in [2.75, 3.05) is 20.8 Å². The first kappa shape index (κ1) is 21.5. The van der Waals surface area contributed by atoms with E-state index >= 15 is 0 Å². The summed E-state index contributed by atoms with van der Waals surface area (Å²) in [7, 11) is 3.16. The Morgan fingerprint density at radius 1 is 1.25 bits per heavy atom. The van der Waals surface area contributed by atoms with E-state index in [9.17, 15) is 14.4 Å². The molecule has 0 bridgehead atoms. The SMILES string of the molecule is COc1ccc(CCCC(=O)NC(C)C(=O)N2CCC[C@H]2C(N)=O)cc1OC. The average Bonchev–Trinajstić information content (AvgIpc) is 3.17. The minimum atomic E-state index is -0.687. The van der Waals surface area contributed by atoms with Gasteiger partial charge in [0.05, 0.1) is 14.2 Å². The van der Waals surface area contributed by atoms with Crippen LogP contribution in [0.5, 0.6) is 11.5 Å².